The van der Waals surface area contributed by atoms with Crippen LogP contribution in [0.2, 0.25) is 0 Å². The van der Waals surface area contributed by atoms with E-state index in [1.54, 1.807) is 12.1 Å². The molecule has 2 aromatic carbocycles. The monoisotopic (exact) mass is 329 g/mol. The Morgan fingerprint density at radius 2 is 2.13 bits per heavy atom. The number of hydrogen-bond acceptors (Lipinski definition) is 6. The zero-order valence-corrected chi connectivity index (χ0v) is 13.5. The highest BCUT2D eigenvalue weighted by atomic mass is 32.1. The molecule has 1 N–H and O–H groups in total. The molecule has 1 aromatic heterocycles. The Kier molecular flexibility index (Phi) is 4.38. The molecular formula is C16H15N3O3S. The number of ether oxygens (including phenoxy) is 2. The standard InChI is InChI=1S/C16H15N3O3S/c1-10-7-12(4-5-13(10)17-16(20)21-2)22-9-11-3-6-15-14(8-11)18-19-23-15/h3-8H,9H2,1-2H3,(H,17,20). The number of nitrogens with zero attached hydrogens (tertiary/aromatic N) is 2. The molecule has 3 aromatic rings. The minimum absolute atomic E-state index is 0.441. The van der Waals surface area contributed by atoms with Gasteiger partial charge in [-0.25, -0.2) is 4.79 Å². The van der Waals surface area contributed by atoms with E-state index in [1.807, 2.05) is 31.2 Å². The Balaban J connectivity index is 1.68. The van der Waals surface area contributed by atoms with Crippen molar-refractivity contribution >= 4 is 33.5 Å². The van der Waals surface area contributed by atoms with Crippen molar-refractivity contribution in [3.63, 3.8) is 0 Å². The molecule has 3 rings (SSSR count). The lowest BCUT2D eigenvalue weighted by molar-refractivity contribution is 0.187. The van der Waals surface area contributed by atoms with Crippen LogP contribution in [0, 0.1) is 6.92 Å². The number of fused-ring (bicyclic) bond motifs is 1. The molecule has 0 atom stereocenters. The summed E-state index contributed by atoms with van der Waals surface area (Å²) >= 11 is 1.37. The third-order valence-electron chi connectivity index (χ3n) is 3.34. The fourth-order valence-electron chi connectivity index (χ4n) is 2.11. The van der Waals surface area contributed by atoms with Gasteiger partial charge >= 0.3 is 6.09 Å². The average molecular weight is 329 g/mol. The molecule has 23 heavy (non-hydrogen) atoms. The number of hydrogen-bond donors (Lipinski definition) is 1. The highest BCUT2D eigenvalue weighted by Gasteiger charge is 2.06. The highest BCUT2D eigenvalue weighted by Crippen LogP contribution is 2.23. The lowest BCUT2D eigenvalue weighted by atomic mass is 10.2. The molecule has 0 radical (unpaired) electrons. The van der Waals surface area contributed by atoms with Crippen molar-refractivity contribution in [2.24, 2.45) is 0 Å². The van der Waals surface area contributed by atoms with Crippen LogP contribution in [0.3, 0.4) is 0 Å². The van der Waals surface area contributed by atoms with Crippen molar-refractivity contribution in [3.05, 3.63) is 47.5 Å². The first-order valence-corrected chi connectivity index (χ1v) is 7.72. The first kappa shape index (κ1) is 15.2. The second-order valence-corrected chi connectivity index (χ2v) is 5.74. The minimum atomic E-state index is -0.494. The minimum Gasteiger partial charge on any atom is -0.489 e. The van der Waals surface area contributed by atoms with Gasteiger partial charge in [0.2, 0.25) is 0 Å². The molecule has 0 aliphatic carbocycles. The topological polar surface area (TPSA) is 73.3 Å². The quantitative estimate of drug-likeness (QED) is 0.789. The van der Waals surface area contributed by atoms with Crippen LogP contribution in [0.4, 0.5) is 10.5 Å². The van der Waals surface area contributed by atoms with Crippen molar-refractivity contribution in [1.29, 1.82) is 0 Å². The molecule has 7 heteroatoms. The fourth-order valence-corrected chi connectivity index (χ4v) is 2.65. The number of methoxy groups -OCH3 is 1. The van der Waals surface area contributed by atoms with Crippen LogP contribution in [0.25, 0.3) is 10.2 Å². The van der Waals surface area contributed by atoms with Crippen LogP contribution < -0.4 is 10.1 Å². The van der Waals surface area contributed by atoms with Crippen LogP contribution in [-0.4, -0.2) is 22.8 Å². The predicted octanol–water partition coefficient (Wildman–Crippen LogP) is 3.76. The smallest absolute Gasteiger partial charge is 0.411 e. The van der Waals surface area contributed by atoms with E-state index in [-0.39, 0.29) is 0 Å². The van der Waals surface area contributed by atoms with E-state index in [0.29, 0.717) is 12.3 Å². The highest BCUT2D eigenvalue weighted by molar-refractivity contribution is 7.12. The average Bonchev–Trinajstić information content (AvgIpc) is 3.02. The maximum atomic E-state index is 11.2. The van der Waals surface area contributed by atoms with Crippen LogP contribution in [0.15, 0.2) is 36.4 Å². The Morgan fingerprint density at radius 3 is 2.91 bits per heavy atom. The third-order valence-corrected chi connectivity index (χ3v) is 4.04. The second-order valence-electron chi connectivity index (χ2n) is 4.96. The number of nitrogens with one attached hydrogen (secondary N) is 1. The van der Waals surface area contributed by atoms with Crippen LogP contribution in [0.1, 0.15) is 11.1 Å². The van der Waals surface area contributed by atoms with Gasteiger partial charge in [-0.05, 0) is 59.9 Å². The summed E-state index contributed by atoms with van der Waals surface area (Å²) in [7, 11) is 1.33. The maximum absolute atomic E-state index is 11.2. The van der Waals surface area contributed by atoms with Gasteiger partial charge < -0.3 is 9.47 Å². The molecule has 0 fully saturated rings. The van der Waals surface area contributed by atoms with Crippen molar-refractivity contribution < 1.29 is 14.3 Å². The zero-order chi connectivity index (χ0) is 16.2. The number of benzene rings is 2. The zero-order valence-electron chi connectivity index (χ0n) is 12.7. The third kappa shape index (κ3) is 3.57. The summed E-state index contributed by atoms with van der Waals surface area (Å²) in [5.74, 6) is 0.731. The summed E-state index contributed by atoms with van der Waals surface area (Å²) in [6, 6.07) is 11.4. The van der Waals surface area contributed by atoms with Crippen LogP contribution >= 0.6 is 11.5 Å². The molecule has 0 unspecified atom stereocenters. The van der Waals surface area contributed by atoms with Gasteiger partial charge in [-0.3, -0.25) is 5.32 Å². The van der Waals surface area contributed by atoms with Crippen molar-refractivity contribution in [1.82, 2.24) is 9.59 Å². The van der Waals surface area contributed by atoms with Crippen LogP contribution in [0.5, 0.6) is 5.75 Å². The summed E-state index contributed by atoms with van der Waals surface area (Å²) in [4.78, 5) is 11.2. The molecule has 0 saturated carbocycles. The van der Waals surface area contributed by atoms with Gasteiger partial charge in [-0.15, -0.1) is 5.10 Å². The second kappa shape index (κ2) is 6.62. The van der Waals surface area contributed by atoms with E-state index in [4.69, 9.17) is 4.74 Å². The summed E-state index contributed by atoms with van der Waals surface area (Å²) in [5.41, 5.74) is 3.50. The molecule has 0 spiro atoms. The summed E-state index contributed by atoms with van der Waals surface area (Å²) in [6.45, 7) is 2.34. The van der Waals surface area contributed by atoms with Crippen molar-refractivity contribution in [2.45, 2.75) is 13.5 Å². The Morgan fingerprint density at radius 1 is 1.26 bits per heavy atom. The van der Waals surface area contributed by atoms with E-state index in [2.05, 4.69) is 19.6 Å². The molecule has 0 saturated heterocycles. The molecule has 1 heterocycles. The molecule has 0 aliphatic heterocycles. The van der Waals surface area contributed by atoms with Gasteiger partial charge in [-0.1, -0.05) is 10.6 Å². The lowest BCUT2D eigenvalue weighted by Gasteiger charge is -2.11. The molecule has 6 nitrogen and oxygen atoms in total. The first-order chi connectivity index (χ1) is 11.2. The number of anilines is 1. The van der Waals surface area contributed by atoms with E-state index in [0.717, 1.165) is 27.1 Å². The number of aryl methyl sites for hydroxylation is 1. The van der Waals surface area contributed by atoms with Gasteiger partial charge in [0.05, 0.1) is 11.8 Å². The fraction of sp³-hybridized carbons (Fsp3) is 0.188. The number of rotatable bonds is 4. The van der Waals surface area contributed by atoms with Crippen molar-refractivity contribution in [3.8, 4) is 5.75 Å². The molecule has 1 amide bonds. The SMILES string of the molecule is COC(=O)Nc1ccc(OCc2ccc3snnc3c2)cc1C. The number of aromatic nitrogens is 2. The van der Waals surface area contributed by atoms with Crippen LogP contribution in [-0.2, 0) is 11.3 Å². The van der Waals surface area contributed by atoms with E-state index >= 15 is 0 Å². The lowest BCUT2D eigenvalue weighted by Crippen LogP contribution is -2.11. The van der Waals surface area contributed by atoms with Gasteiger partial charge in [0.1, 0.15) is 17.9 Å². The van der Waals surface area contributed by atoms with Gasteiger partial charge in [0.25, 0.3) is 0 Å². The van der Waals surface area contributed by atoms with Gasteiger partial charge in [0.15, 0.2) is 0 Å². The Labute approximate surface area is 137 Å². The van der Waals surface area contributed by atoms with E-state index < -0.39 is 6.09 Å². The molecule has 0 bridgehead atoms. The molecule has 118 valence electrons. The summed E-state index contributed by atoms with van der Waals surface area (Å²) in [6.07, 6.45) is -0.494. The Hall–Kier alpha value is -2.67. The number of carbonyl (C=O) groups excluding carboxylic acids is 1. The number of carbonyl (C=O) groups is 1. The molecule has 0 aliphatic rings. The predicted molar refractivity (Wildman–Crippen MR) is 89.0 cm³/mol. The van der Waals surface area contributed by atoms with Crippen molar-refractivity contribution in [2.75, 3.05) is 12.4 Å². The van der Waals surface area contributed by atoms with E-state index in [1.165, 1.54) is 18.6 Å². The van der Waals surface area contributed by atoms with E-state index in [9.17, 15) is 4.79 Å². The van der Waals surface area contributed by atoms with Gasteiger partial charge in [-0.2, -0.15) is 0 Å². The normalized spacial score (nSPS) is 10.5. The summed E-state index contributed by atoms with van der Waals surface area (Å²) < 4.78 is 15.4. The molecular weight excluding hydrogens is 314 g/mol. The Bertz CT molecular complexity index is 847. The maximum Gasteiger partial charge on any atom is 0.411 e. The summed E-state index contributed by atoms with van der Waals surface area (Å²) in [5, 5.41) is 6.70. The first-order valence-electron chi connectivity index (χ1n) is 6.95. The largest absolute Gasteiger partial charge is 0.489 e. The van der Waals surface area contributed by atoms with Gasteiger partial charge in [0, 0.05) is 5.69 Å². The number of amides is 1.